The molecule has 1 aromatic heterocycles. The van der Waals surface area contributed by atoms with Crippen LogP contribution >= 0.6 is 11.3 Å². The van der Waals surface area contributed by atoms with Crippen LogP contribution in [0, 0.1) is 0 Å². The molecule has 0 bridgehead atoms. The molecule has 1 fully saturated rings. The summed E-state index contributed by atoms with van der Waals surface area (Å²) < 4.78 is 63.8. The quantitative estimate of drug-likeness (QED) is 0.558. The Morgan fingerprint density at radius 2 is 2.12 bits per heavy atom. The van der Waals surface area contributed by atoms with Crippen LogP contribution in [0.2, 0.25) is 0 Å². The number of piperidine rings is 1. The van der Waals surface area contributed by atoms with Crippen LogP contribution in [0.3, 0.4) is 0 Å². The molecule has 2 atom stereocenters. The first-order valence-corrected chi connectivity index (χ1v) is 10.3. The van der Waals surface area contributed by atoms with Crippen molar-refractivity contribution in [2.75, 3.05) is 13.2 Å². The van der Waals surface area contributed by atoms with Crippen LogP contribution in [-0.4, -0.2) is 37.7 Å². The molecule has 2 aliphatic heterocycles. The van der Waals surface area contributed by atoms with Crippen molar-refractivity contribution >= 4 is 21.5 Å². The molecule has 2 aliphatic rings. The van der Waals surface area contributed by atoms with E-state index in [1.165, 1.54) is 10.4 Å². The van der Waals surface area contributed by atoms with Crippen LogP contribution in [0.15, 0.2) is 6.07 Å². The third-order valence-electron chi connectivity index (χ3n) is 4.36. The van der Waals surface area contributed by atoms with Gasteiger partial charge in [-0.2, -0.15) is 21.6 Å². The molecule has 144 valence electrons. The number of alkyl halides is 3. The Balaban J connectivity index is 0.000000242. The molecule has 0 amide bonds. The summed E-state index contributed by atoms with van der Waals surface area (Å²) in [4.78, 5) is 3.10. The number of halogens is 3. The van der Waals surface area contributed by atoms with E-state index in [4.69, 9.17) is 17.7 Å². The summed E-state index contributed by atoms with van der Waals surface area (Å²) in [5.74, 6) is 0. The first-order valence-electron chi connectivity index (χ1n) is 8.01. The van der Waals surface area contributed by atoms with Crippen molar-refractivity contribution in [1.29, 1.82) is 0 Å². The van der Waals surface area contributed by atoms with Gasteiger partial charge in [0.25, 0.3) is 0 Å². The molecule has 3 heterocycles. The van der Waals surface area contributed by atoms with Gasteiger partial charge in [-0.05, 0) is 44.4 Å². The molecule has 10 heteroatoms. The minimum Gasteiger partial charge on any atom is -0.370 e. The van der Waals surface area contributed by atoms with E-state index in [0.29, 0.717) is 6.04 Å². The van der Waals surface area contributed by atoms with Crippen LogP contribution in [0.5, 0.6) is 0 Å². The molecule has 25 heavy (non-hydrogen) atoms. The summed E-state index contributed by atoms with van der Waals surface area (Å²) in [7, 11) is -5.84. The smallest absolute Gasteiger partial charge is 0.370 e. The van der Waals surface area contributed by atoms with Crippen molar-refractivity contribution in [1.82, 2.24) is 5.32 Å². The SMILES string of the molecule is CCc1cc2c(s1)CCO[C@@]21CCN[C@@H](C)C1.O=S(=O)(O)C(F)(F)F. The predicted octanol–water partition coefficient (Wildman–Crippen LogP) is 3.24. The standard InChI is InChI=1S/C14H21NOS.CHF3O3S/c1-3-11-8-12-13(17-11)4-7-16-14(12)5-6-15-10(2)9-14;2-1(3,4)8(5,6)7/h8,10,15H,3-7,9H2,1-2H3;(H,5,6,7)/t10-,14+;/m0./s1. The zero-order valence-electron chi connectivity index (χ0n) is 14.0. The Labute approximate surface area is 149 Å². The Hall–Kier alpha value is -0.680. The minimum absolute atomic E-state index is 0.0299. The van der Waals surface area contributed by atoms with Gasteiger partial charge < -0.3 is 10.1 Å². The largest absolute Gasteiger partial charge is 0.522 e. The zero-order chi connectivity index (χ0) is 18.9. The highest BCUT2D eigenvalue weighted by molar-refractivity contribution is 7.86. The van der Waals surface area contributed by atoms with Gasteiger partial charge in [0.05, 0.1) is 12.2 Å². The molecule has 1 saturated heterocycles. The van der Waals surface area contributed by atoms with Crippen molar-refractivity contribution in [3.8, 4) is 0 Å². The summed E-state index contributed by atoms with van der Waals surface area (Å²) in [5.41, 5.74) is -3.99. The van der Waals surface area contributed by atoms with Crippen LogP contribution in [0.4, 0.5) is 13.2 Å². The molecule has 0 unspecified atom stereocenters. The van der Waals surface area contributed by atoms with Gasteiger partial charge in [-0.1, -0.05) is 6.92 Å². The van der Waals surface area contributed by atoms with Gasteiger partial charge in [0.2, 0.25) is 0 Å². The monoisotopic (exact) mass is 401 g/mol. The zero-order valence-corrected chi connectivity index (χ0v) is 15.7. The molecule has 0 aromatic carbocycles. The summed E-state index contributed by atoms with van der Waals surface area (Å²) >= 11 is 2.00. The highest BCUT2D eigenvalue weighted by Crippen LogP contribution is 2.44. The van der Waals surface area contributed by atoms with Crippen LogP contribution < -0.4 is 5.32 Å². The molecule has 0 aliphatic carbocycles. The molecule has 5 nitrogen and oxygen atoms in total. The Morgan fingerprint density at radius 1 is 1.48 bits per heavy atom. The van der Waals surface area contributed by atoms with E-state index in [2.05, 4.69) is 25.2 Å². The molecular formula is C15H22F3NO4S2. The number of nitrogens with one attached hydrogen (secondary N) is 1. The van der Waals surface area contributed by atoms with E-state index in [-0.39, 0.29) is 5.60 Å². The van der Waals surface area contributed by atoms with Crippen molar-refractivity contribution in [3.63, 3.8) is 0 Å². The van der Waals surface area contributed by atoms with Crippen molar-refractivity contribution in [2.45, 2.75) is 56.7 Å². The molecule has 0 radical (unpaired) electrons. The summed E-state index contributed by atoms with van der Waals surface area (Å²) in [6.07, 6.45) is 4.52. The van der Waals surface area contributed by atoms with Gasteiger partial charge in [-0.3, -0.25) is 4.55 Å². The summed E-state index contributed by atoms with van der Waals surface area (Å²) in [6.45, 7) is 6.50. The normalized spacial score (nSPS) is 26.7. The van der Waals surface area contributed by atoms with E-state index >= 15 is 0 Å². The lowest BCUT2D eigenvalue weighted by atomic mass is 9.80. The van der Waals surface area contributed by atoms with Crippen molar-refractivity contribution in [3.05, 3.63) is 21.4 Å². The summed E-state index contributed by atoms with van der Waals surface area (Å²) in [6, 6.07) is 2.98. The lowest BCUT2D eigenvalue weighted by molar-refractivity contribution is -0.0870. The van der Waals surface area contributed by atoms with Gasteiger partial charge in [-0.15, -0.1) is 11.3 Å². The van der Waals surface area contributed by atoms with Crippen LogP contribution in [-0.2, 0) is 33.3 Å². The first kappa shape index (κ1) is 20.6. The molecule has 3 rings (SSSR count). The number of fused-ring (bicyclic) bond motifs is 2. The average Bonchev–Trinajstić information content (AvgIpc) is 2.91. The van der Waals surface area contributed by atoms with E-state index in [1.54, 1.807) is 4.88 Å². The maximum absolute atomic E-state index is 10.7. The second-order valence-electron chi connectivity index (χ2n) is 6.23. The third-order valence-corrected chi connectivity index (χ3v) is 6.28. The van der Waals surface area contributed by atoms with E-state index in [9.17, 15) is 13.2 Å². The van der Waals surface area contributed by atoms with Gasteiger partial charge in [0, 0.05) is 22.2 Å². The number of aryl methyl sites for hydroxylation is 1. The second-order valence-corrected chi connectivity index (χ2v) is 8.86. The van der Waals surface area contributed by atoms with Gasteiger partial charge >= 0.3 is 15.6 Å². The summed E-state index contributed by atoms with van der Waals surface area (Å²) in [5, 5.41) is 3.53. The number of ether oxygens (including phenoxy) is 1. The molecule has 2 N–H and O–H groups in total. The lowest BCUT2D eigenvalue weighted by Gasteiger charge is -2.43. The van der Waals surface area contributed by atoms with Crippen LogP contribution in [0.25, 0.3) is 0 Å². The Morgan fingerprint density at radius 3 is 2.64 bits per heavy atom. The topological polar surface area (TPSA) is 75.6 Å². The van der Waals surface area contributed by atoms with Gasteiger partial charge in [0.1, 0.15) is 0 Å². The third kappa shape index (κ3) is 4.73. The number of hydrogen-bond donors (Lipinski definition) is 2. The number of thiophene rings is 1. The van der Waals surface area contributed by atoms with Crippen molar-refractivity contribution in [2.24, 2.45) is 0 Å². The Kier molecular flexibility index (Phi) is 6.20. The number of rotatable bonds is 1. The molecule has 0 saturated carbocycles. The molecule has 1 spiro atoms. The van der Waals surface area contributed by atoms with E-state index in [1.807, 2.05) is 11.3 Å². The van der Waals surface area contributed by atoms with Crippen molar-refractivity contribution < 1.29 is 30.9 Å². The fraction of sp³-hybridized carbons (Fsp3) is 0.733. The lowest BCUT2D eigenvalue weighted by Crippen LogP contribution is -2.48. The minimum atomic E-state index is -5.84. The fourth-order valence-corrected chi connectivity index (χ4v) is 4.39. The maximum atomic E-state index is 10.7. The molecule has 1 aromatic rings. The van der Waals surface area contributed by atoms with E-state index < -0.39 is 15.6 Å². The fourth-order valence-electron chi connectivity index (χ4n) is 3.21. The van der Waals surface area contributed by atoms with Gasteiger partial charge in [-0.25, -0.2) is 0 Å². The highest BCUT2D eigenvalue weighted by Gasteiger charge is 2.44. The predicted molar refractivity (Wildman–Crippen MR) is 89.3 cm³/mol. The molecular weight excluding hydrogens is 379 g/mol. The first-order chi connectivity index (χ1) is 11.5. The van der Waals surface area contributed by atoms with Gasteiger partial charge in [0.15, 0.2) is 0 Å². The highest BCUT2D eigenvalue weighted by atomic mass is 32.2. The average molecular weight is 401 g/mol. The maximum Gasteiger partial charge on any atom is 0.522 e. The number of hydrogen-bond acceptors (Lipinski definition) is 5. The second kappa shape index (κ2) is 7.51. The Bertz CT molecular complexity index is 702. The van der Waals surface area contributed by atoms with E-state index in [0.717, 1.165) is 38.8 Å². The van der Waals surface area contributed by atoms with Crippen LogP contribution in [0.1, 0.15) is 42.0 Å².